The molecule has 0 amide bonds. The van der Waals surface area contributed by atoms with Gasteiger partial charge < -0.3 is 5.32 Å². The van der Waals surface area contributed by atoms with Gasteiger partial charge in [-0.2, -0.15) is 0 Å². The molecule has 0 bridgehead atoms. The van der Waals surface area contributed by atoms with Crippen molar-refractivity contribution in [2.45, 2.75) is 33.7 Å². The van der Waals surface area contributed by atoms with Crippen LogP contribution in [0.4, 0.5) is 14.6 Å². The molecule has 84 valence electrons. The number of rotatable bonds is 2. The highest BCUT2D eigenvalue weighted by Gasteiger charge is 2.21. The number of nitrogens with one attached hydrogen (secondary N) is 1. The van der Waals surface area contributed by atoms with Crippen LogP contribution in [0, 0.1) is 17.0 Å². The summed E-state index contributed by atoms with van der Waals surface area (Å²) < 4.78 is 25.8. The van der Waals surface area contributed by atoms with Crippen LogP contribution in [-0.4, -0.2) is 11.0 Å². The molecule has 0 fully saturated rings. The van der Waals surface area contributed by atoms with E-state index in [1.54, 1.807) is 0 Å². The molecule has 15 heavy (non-hydrogen) atoms. The van der Waals surface area contributed by atoms with E-state index >= 15 is 0 Å². The van der Waals surface area contributed by atoms with Crippen molar-refractivity contribution in [1.29, 1.82) is 0 Å². The fourth-order valence-corrected chi connectivity index (χ4v) is 0.942. The van der Waals surface area contributed by atoms with Gasteiger partial charge in [0.1, 0.15) is 5.82 Å². The first-order valence-electron chi connectivity index (χ1n) is 4.88. The first-order valence-corrected chi connectivity index (χ1v) is 4.88. The third-order valence-electron chi connectivity index (χ3n) is 2.46. The van der Waals surface area contributed by atoms with E-state index in [1.165, 1.54) is 0 Å². The van der Waals surface area contributed by atoms with Crippen molar-refractivity contribution in [2.75, 3.05) is 5.32 Å². The van der Waals surface area contributed by atoms with E-state index < -0.39 is 11.6 Å². The summed E-state index contributed by atoms with van der Waals surface area (Å²) in [6.07, 6.45) is 1.00. The topological polar surface area (TPSA) is 24.9 Å². The predicted octanol–water partition coefficient (Wildman–Crippen LogP) is 3.21. The van der Waals surface area contributed by atoms with Crippen LogP contribution in [0.15, 0.2) is 12.3 Å². The zero-order valence-electron chi connectivity index (χ0n) is 9.44. The van der Waals surface area contributed by atoms with E-state index in [-0.39, 0.29) is 17.3 Å². The fraction of sp³-hybridized carbons (Fsp3) is 0.545. The first kappa shape index (κ1) is 11.9. The van der Waals surface area contributed by atoms with Gasteiger partial charge in [-0.15, -0.1) is 0 Å². The third kappa shape index (κ3) is 3.15. The number of pyridine rings is 1. The van der Waals surface area contributed by atoms with Gasteiger partial charge in [0.15, 0.2) is 11.6 Å². The highest BCUT2D eigenvalue weighted by atomic mass is 19.1. The number of anilines is 1. The van der Waals surface area contributed by atoms with Crippen molar-refractivity contribution in [3.05, 3.63) is 23.9 Å². The largest absolute Gasteiger partial charge is 0.365 e. The molecule has 1 unspecified atom stereocenters. The number of hydrogen-bond acceptors (Lipinski definition) is 2. The van der Waals surface area contributed by atoms with Gasteiger partial charge in [0.25, 0.3) is 0 Å². The lowest BCUT2D eigenvalue weighted by Crippen LogP contribution is -2.31. The minimum absolute atomic E-state index is 0.0114. The molecule has 0 aliphatic rings. The van der Waals surface area contributed by atoms with Crippen LogP contribution >= 0.6 is 0 Å². The Morgan fingerprint density at radius 1 is 1.33 bits per heavy atom. The maximum Gasteiger partial charge on any atom is 0.168 e. The second-order valence-corrected chi connectivity index (χ2v) is 4.72. The lowest BCUT2D eigenvalue weighted by Gasteiger charge is -2.28. The summed E-state index contributed by atoms with van der Waals surface area (Å²) in [5.74, 6) is -1.23. The van der Waals surface area contributed by atoms with Gasteiger partial charge >= 0.3 is 0 Å². The summed E-state index contributed by atoms with van der Waals surface area (Å²) in [6, 6.07) is 0.870. The van der Waals surface area contributed by atoms with Gasteiger partial charge in [0.05, 0.1) is 6.20 Å². The van der Waals surface area contributed by atoms with Gasteiger partial charge in [-0.3, -0.25) is 0 Å². The second-order valence-electron chi connectivity index (χ2n) is 4.72. The summed E-state index contributed by atoms with van der Waals surface area (Å²) in [7, 11) is 0. The van der Waals surface area contributed by atoms with Gasteiger partial charge in [-0.1, -0.05) is 20.8 Å². The molecule has 0 saturated heterocycles. The molecule has 1 atom stereocenters. The van der Waals surface area contributed by atoms with Gasteiger partial charge in [0.2, 0.25) is 0 Å². The van der Waals surface area contributed by atoms with Crippen molar-refractivity contribution < 1.29 is 8.78 Å². The zero-order valence-corrected chi connectivity index (χ0v) is 9.44. The van der Waals surface area contributed by atoms with Crippen LogP contribution in [0.5, 0.6) is 0 Å². The van der Waals surface area contributed by atoms with Crippen molar-refractivity contribution in [3.8, 4) is 0 Å². The smallest absolute Gasteiger partial charge is 0.168 e. The SMILES string of the molecule is CC(Nc1ncc(F)cc1F)C(C)(C)C. The van der Waals surface area contributed by atoms with Crippen molar-refractivity contribution >= 4 is 5.82 Å². The summed E-state index contributed by atoms with van der Waals surface area (Å²) in [5, 5.41) is 2.92. The summed E-state index contributed by atoms with van der Waals surface area (Å²) in [5.41, 5.74) is -0.0114. The highest BCUT2D eigenvalue weighted by Crippen LogP contribution is 2.23. The van der Waals surface area contributed by atoms with Crippen LogP contribution in [0.3, 0.4) is 0 Å². The predicted molar refractivity (Wildman–Crippen MR) is 56.7 cm³/mol. The summed E-state index contributed by atoms with van der Waals surface area (Å²) >= 11 is 0. The minimum Gasteiger partial charge on any atom is -0.365 e. The van der Waals surface area contributed by atoms with Crippen LogP contribution in [0.1, 0.15) is 27.7 Å². The Bertz CT molecular complexity index is 345. The molecule has 1 aromatic heterocycles. The van der Waals surface area contributed by atoms with Crippen LogP contribution in [0.2, 0.25) is 0 Å². The van der Waals surface area contributed by atoms with Crippen molar-refractivity contribution in [2.24, 2.45) is 5.41 Å². The molecule has 0 spiro atoms. The van der Waals surface area contributed by atoms with E-state index in [9.17, 15) is 8.78 Å². The molecule has 0 radical (unpaired) electrons. The van der Waals surface area contributed by atoms with Gasteiger partial charge in [0, 0.05) is 12.1 Å². The minimum atomic E-state index is -0.665. The average Bonchev–Trinajstić information content (AvgIpc) is 2.08. The van der Waals surface area contributed by atoms with E-state index in [0.29, 0.717) is 0 Å². The Balaban J connectivity index is 2.82. The van der Waals surface area contributed by atoms with Crippen molar-refractivity contribution in [1.82, 2.24) is 4.98 Å². The van der Waals surface area contributed by atoms with Crippen LogP contribution in [-0.2, 0) is 0 Å². The Labute approximate surface area is 88.7 Å². The molecule has 0 aliphatic heterocycles. The molecule has 0 saturated carbocycles. The molecule has 1 rings (SSSR count). The lowest BCUT2D eigenvalue weighted by molar-refractivity contribution is 0.357. The maximum atomic E-state index is 13.2. The fourth-order valence-electron chi connectivity index (χ4n) is 0.942. The maximum absolute atomic E-state index is 13.2. The number of halogens is 2. The average molecular weight is 214 g/mol. The van der Waals surface area contributed by atoms with E-state index in [2.05, 4.69) is 10.3 Å². The molecule has 0 aliphatic carbocycles. The zero-order chi connectivity index (χ0) is 11.6. The number of hydrogen-bond donors (Lipinski definition) is 1. The number of aromatic nitrogens is 1. The van der Waals surface area contributed by atoms with E-state index in [1.807, 2.05) is 27.7 Å². The summed E-state index contributed by atoms with van der Waals surface area (Å²) in [4.78, 5) is 3.67. The Kier molecular flexibility index (Phi) is 3.27. The first-order chi connectivity index (χ1) is 6.80. The standard InChI is InChI=1S/C11H16F2N2/c1-7(11(2,3)4)15-10-9(13)5-8(12)6-14-10/h5-7H,1-4H3,(H,14,15). The monoisotopic (exact) mass is 214 g/mol. The van der Waals surface area contributed by atoms with Gasteiger partial charge in [-0.25, -0.2) is 13.8 Å². The third-order valence-corrected chi connectivity index (χ3v) is 2.46. The molecular formula is C11H16F2N2. The molecule has 4 heteroatoms. The second kappa shape index (κ2) is 4.13. The molecular weight excluding hydrogens is 198 g/mol. The van der Waals surface area contributed by atoms with Gasteiger partial charge in [-0.05, 0) is 12.3 Å². The van der Waals surface area contributed by atoms with E-state index in [4.69, 9.17) is 0 Å². The Hall–Kier alpha value is -1.19. The highest BCUT2D eigenvalue weighted by molar-refractivity contribution is 5.37. The molecule has 0 aromatic carbocycles. The Morgan fingerprint density at radius 3 is 2.40 bits per heavy atom. The molecule has 1 N–H and O–H groups in total. The normalized spacial score (nSPS) is 13.7. The molecule has 1 heterocycles. The van der Waals surface area contributed by atoms with Crippen molar-refractivity contribution in [3.63, 3.8) is 0 Å². The lowest BCUT2D eigenvalue weighted by atomic mass is 9.88. The molecule has 2 nitrogen and oxygen atoms in total. The van der Waals surface area contributed by atoms with Crippen LogP contribution in [0.25, 0.3) is 0 Å². The van der Waals surface area contributed by atoms with E-state index in [0.717, 1.165) is 12.3 Å². The van der Waals surface area contributed by atoms with Crippen LogP contribution < -0.4 is 5.32 Å². The number of nitrogens with zero attached hydrogens (tertiary/aromatic N) is 1. The summed E-state index contributed by atoms with van der Waals surface area (Å²) in [6.45, 7) is 8.04. The quantitative estimate of drug-likeness (QED) is 0.817. The molecule has 1 aromatic rings. The Morgan fingerprint density at radius 2 is 1.93 bits per heavy atom.